The highest BCUT2D eigenvalue weighted by molar-refractivity contribution is 7.94. The van der Waals surface area contributed by atoms with Crippen LogP contribution in [0.3, 0.4) is 0 Å². The van der Waals surface area contributed by atoms with E-state index >= 15 is 0 Å². The maximum absolute atomic E-state index is 12.0. The van der Waals surface area contributed by atoms with Crippen LogP contribution in [-0.2, 0) is 10.8 Å². The Morgan fingerprint density at radius 3 is 2.36 bits per heavy atom. The maximum atomic E-state index is 12.0. The smallest absolute Gasteiger partial charge is 0.336 e. The molecule has 0 amide bonds. The molecule has 0 spiro atoms. The van der Waals surface area contributed by atoms with Crippen LogP contribution in [0.4, 0.5) is 9.57 Å². The Hall–Kier alpha value is -4.70. The lowest BCUT2D eigenvalue weighted by atomic mass is 9.81. The van der Waals surface area contributed by atoms with Crippen molar-refractivity contribution in [2.45, 2.75) is 77.0 Å². The quantitative estimate of drug-likeness (QED) is 0.0841. The Morgan fingerprint density at radius 2 is 1.60 bits per heavy atom. The fourth-order valence-electron chi connectivity index (χ4n) is 7.56. The number of fused-ring (bicyclic) bond motifs is 3. The maximum Gasteiger partial charge on any atom is 0.336 e. The van der Waals surface area contributed by atoms with Gasteiger partial charge in [-0.3, -0.25) is 0 Å². The number of unbranched alkanes of at least 4 members (excludes halogenated alkanes) is 1. The van der Waals surface area contributed by atoms with E-state index < -0.39 is 0 Å². The second-order valence-electron chi connectivity index (χ2n) is 15.2. The fourth-order valence-corrected chi connectivity index (χ4v) is 7.87. The van der Waals surface area contributed by atoms with Crippen LogP contribution in [0.1, 0.15) is 77.3 Å². The molecule has 288 valence electrons. The summed E-state index contributed by atoms with van der Waals surface area (Å²) in [7, 11) is 0. The summed E-state index contributed by atoms with van der Waals surface area (Å²) in [6.07, 6.45) is 14.2. The summed E-state index contributed by atoms with van der Waals surface area (Å²) in [6.45, 7) is 11.2. The first-order valence-electron chi connectivity index (χ1n) is 19.3. The van der Waals surface area contributed by atoms with Crippen LogP contribution in [-0.4, -0.2) is 35.7 Å². The monoisotopic (exact) mass is 762 g/mol. The van der Waals surface area contributed by atoms with E-state index in [0.29, 0.717) is 42.3 Å². The van der Waals surface area contributed by atoms with Gasteiger partial charge in [-0.25, -0.2) is 4.79 Å². The summed E-state index contributed by atoms with van der Waals surface area (Å²) in [4.78, 5) is 12.0. The lowest BCUT2D eigenvalue weighted by Gasteiger charge is -2.23. The molecule has 0 bridgehead atoms. The third-order valence-electron chi connectivity index (χ3n) is 10.6. The number of hydrogen-bond donors (Lipinski definition) is 2. The summed E-state index contributed by atoms with van der Waals surface area (Å²) < 4.78 is 32.2. The number of para-hydroxylation sites is 2. The molecule has 0 atom stereocenters. The molecular weight excluding hydrogens is 710 g/mol. The van der Waals surface area contributed by atoms with E-state index in [1.807, 2.05) is 24.3 Å². The second-order valence-corrected chi connectivity index (χ2v) is 15.8. The van der Waals surface area contributed by atoms with Gasteiger partial charge in [0.25, 0.3) is 0 Å². The third kappa shape index (κ3) is 8.90. The van der Waals surface area contributed by atoms with Crippen LogP contribution >= 0.6 is 12.1 Å². The first kappa shape index (κ1) is 40.0. The van der Waals surface area contributed by atoms with Gasteiger partial charge in [-0.2, -0.15) is 8.46 Å². The zero-order chi connectivity index (χ0) is 39.0. The van der Waals surface area contributed by atoms with Gasteiger partial charge in [-0.05, 0) is 120 Å². The first-order chi connectivity index (χ1) is 26.6. The molecule has 3 aliphatic rings. The standard InChI is InChI=1S/C42H43N2O4.C4H10FNS/c1-41(2)32-13-5-7-15-34(32)44(26-10-25-43)37(41)22-18-29-11-9-12-30(19-23-38-42(3,4)33-14-6-8-16-35(33)47-38)40(29)46-31-21-17-28-20-24-39(45)48-36(28)27-31;5-7-4-2-1-3-6/h5-8,13-24,27H,9-12,25-26,43H2,1-4H3;1-4,6H2/q+1;/b22-18+,30-19+,38-23+;. The fraction of sp³-hybridized carbons (Fsp3) is 0.348. The summed E-state index contributed by atoms with van der Waals surface area (Å²) in [6, 6.07) is 25.8. The van der Waals surface area contributed by atoms with Gasteiger partial charge in [0.15, 0.2) is 12.3 Å². The Kier molecular flexibility index (Phi) is 13.0. The van der Waals surface area contributed by atoms with Crippen LogP contribution in [0.25, 0.3) is 11.0 Å². The van der Waals surface area contributed by atoms with Crippen LogP contribution in [0, 0.1) is 0 Å². The van der Waals surface area contributed by atoms with Crippen LogP contribution in [0.15, 0.2) is 135 Å². The van der Waals surface area contributed by atoms with Crippen molar-refractivity contribution < 1.29 is 22.4 Å². The van der Waals surface area contributed by atoms with Crippen molar-refractivity contribution in [3.63, 3.8) is 0 Å². The van der Waals surface area contributed by atoms with Crippen LogP contribution < -0.4 is 26.6 Å². The average Bonchev–Trinajstić information content (AvgIpc) is 3.57. The zero-order valence-corrected chi connectivity index (χ0v) is 33.2. The van der Waals surface area contributed by atoms with Gasteiger partial charge in [0.1, 0.15) is 28.6 Å². The lowest BCUT2D eigenvalue weighted by molar-refractivity contribution is -0.437. The number of rotatable bonds is 12. The molecule has 4 aromatic rings. The molecule has 7 rings (SSSR count). The Labute approximate surface area is 328 Å². The summed E-state index contributed by atoms with van der Waals surface area (Å²) in [5.41, 5.74) is 18.0. The van der Waals surface area contributed by atoms with Gasteiger partial charge in [0, 0.05) is 65.1 Å². The summed E-state index contributed by atoms with van der Waals surface area (Å²) in [5, 5.41) is 0.845. The van der Waals surface area contributed by atoms with E-state index in [1.165, 1.54) is 28.6 Å². The van der Waals surface area contributed by atoms with E-state index in [9.17, 15) is 8.68 Å². The Balaban J connectivity index is 0.000000672. The van der Waals surface area contributed by atoms with Crippen molar-refractivity contribution in [3.05, 3.63) is 147 Å². The van der Waals surface area contributed by atoms with E-state index in [0.717, 1.165) is 78.9 Å². The minimum absolute atomic E-state index is 0.169. The molecule has 1 aromatic heterocycles. The number of nitrogens with two attached hydrogens (primary N) is 2. The highest BCUT2D eigenvalue weighted by Gasteiger charge is 2.44. The van der Waals surface area contributed by atoms with Gasteiger partial charge < -0.3 is 25.4 Å². The van der Waals surface area contributed by atoms with Gasteiger partial charge in [-0.1, -0.05) is 42.5 Å². The molecule has 7 nitrogen and oxygen atoms in total. The van der Waals surface area contributed by atoms with Crippen LogP contribution in [0.2, 0.25) is 0 Å². The normalized spacial score (nSPS) is 18.5. The molecule has 4 N–H and O–H groups in total. The molecule has 0 fully saturated rings. The minimum atomic E-state index is -0.385. The van der Waals surface area contributed by atoms with Crippen molar-refractivity contribution in [2.75, 3.05) is 25.4 Å². The molecule has 9 heteroatoms. The molecule has 1 aliphatic carbocycles. The second kappa shape index (κ2) is 17.8. The highest BCUT2D eigenvalue weighted by Crippen LogP contribution is 2.45. The number of hydrogen-bond acceptors (Lipinski definition) is 7. The van der Waals surface area contributed by atoms with E-state index in [2.05, 4.69) is 93.0 Å². The van der Waals surface area contributed by atoms with Gasteiger partial charge in [0.05, 0.1) is 10.8 Å². The van der Waals surface area contributed by atoms with E-state index in [1.54, 1.807) is 12.1 Å². The van der Waals surface area contributed by atoms with E-state index in [-0.39, 0.29) is 16.5 Å². The topological polar surface area (TPSA) is 104 Å². The number of allylic oxidation sites excluding steroid dienone is 7. The predicted octanol–water partition coefficient (Wildman–Crippen LogP) is 10.1. The first-order valence-corrected chi connectivity index (χ1v) is 20.2. The van der Waals surface area contributed by atoms with Crippen molar-refractivity contribution in [2.24, 2.45) is 11.5 Å². The molecule has 3 aromatic carbocycles. The van der Waals surface area contributed by atoms with Gasteiger partial charge >= 0.3 is 5.63 Å². The Morgan fingerprint density at radius 1 is 0.855 bits per heavy atom. The number of ether oxygens (including phenoxy) is 2. The molecule has 3 heterocycles. The molecule has 0 radical (unpaired) electrons. The molecule has 55 heavy (non-hydrogen) atoms. The SMILES string of the molecule is CC1(C)C(/C=C/C2=C(Oc3ccc4ccc(=O)oc4c3)C(=C/C=C3/Oc4ccccc4C3(C)C)/CCC2)=[N+](CCCN)c2ccccc21.NCCCCSF. The molecule has 0 saturated carbocycles. The average molecular weight is 763 g/mol. The number of benzene rings is 3. The largest absolute Gasteiger partial charge is 0.460 e. The van der Waals surface area contributed by atoms with Crippen molar-refractivity contribution in [1.29, 1.82) is 0 Å². The predicted molar refractivity (Wildman–Crippen MR) is 224 cm³/mol. The summed E-state index contributed by atoms with van der Waals surface area (Å²) in [5.74, 6) is 3.84. The lowest BCUT2D eigenvalue weighted by Crippen LogP contribution is -2.28. The molecule has 2 aliphatic heterocycles. The van der Waals surface area contributed by atoms with Crippen molar-refractivity contribution in [1.82, 2.24) is 0 Å². The third-order valence-corrected chi connectivity index (χ3v) is 11.1. The summed E-state index contributed by atoms with van der Waals surface area (Å²) >= 11 is 0.386. The van der Waals surface area contributed by atoms with E-state index in [4.69, 9.17) is 25.4 Å². The minimum Gasteiger partial charge on any atom is -0.460 e. The highest BCUT2D eigenvalue weighted by atomic mass is 32.2. The number of halogens is 1. The molecule has 0 unspecified atom stereocenters. The molecule has 0 saturated heterocycles. The Bertz CT molecular complexity index is 2230. The molecular formula is C46H53FN3O4S+. The van der Waals surface area contributed by atoms with Crippen LogP contribution in [0.5, 0.6) is 11.5 Å². The van der Waals surface area contributed by atoms with Gasteiger partial charge in [0.2, 0.25) is 5.69 Å². The van der Waals surface area contributed by atoms with Crippen molar-refractivity contribution >= 4 is 34.5 Å². The zero-order valence-electron chi connectivity index (χ0n) is 32.4. The number of nitrogens with zero attached hydrogens (tertiary/aromatic N) is 1. The van der Waals surface area contributed by atoms with Crippen molar-refractivity contribution in [3.8, 4) is 11.5 Å². The van der Waals surface area contributed by atoms with Gasteiger partial charge in [-0.15, -0.1) is 0 Å².